The Morgan fingerprint density at radius 3 is 2.33 bits per heavy atom. The van der Waals surface area contributed by atoms with E-state index in [4.69, 9.17) is 0 Å². The van der Waals surface area contributed by atoms with Crippen molar-refractivity contribution in [1.29, 1.82) is 0 Å². The fourth-order valence-corrected chi connectivity index (χ4v) is 3.29. The van der Waals surface area contributed by atoms with Gasteiger partial charge in [-0.05, 0) is 62.4 Å². The molecule has 0 N–H and O–H groups in total. The first-order valence-electron chi connectivity index (χ1n) is 8.75. The van der Waals surface area contributed by atoms with E-state index < -0.39 is 0 Å². The number of nitrogens with zero attached hydrogens (tertiary/aromatic N) is 2. The molecule has 21 heavy (non-hydrogen) atoms. The summed E-state index contributed by atoms with van der Waals surface area (Å²) >= 11 is 0. The largest absolute Gasteiger partial charge is 0.375 e. The van der Waals surface area contributed by atoms with Gasteiger partial charge in [0.25, 0.3) is 0 Å². The van der Waals surface area contributed by atoms with E-state index in [2.05, 4.69) is 55.0 Å². The summed E-state index contributed by atoms with van der Waals surface area (Å²) in [6.07, 6.45) is 6.55. The zero-order chi connectivity index (χ0) is 15.1. The summed E-state index contributed by atoms with van der Waals surface area (Å²) < 4.78 is 0. The molecule has 2 nitrogen and oxygen atoms in total. The normalized spacial score (nSPS) is 17.1. The van der Waals surface area contributed by atoms with Gasteiger partial charge in [-0.3, -0.25) is 0 Å². The first-order valence-corrected chi connectivity index (χ1v) is 8.75. The summed E-state index contributed by atoms with van der Waals surface area (Å²) in [4.78, 5) is 4.97. The van der Waals surface area contributed by atoms with Crippen LogP contribution in [0.2, 0.25) is 0 Å². The van der Waals surface area contributed by atoms with Crippen LogP contribution in [0.4, 0.5) is 5.69 Å². The lowest BCUT2D eigenvalue weighted by Crippen LogP contribution is -2.34. The maximum Gasteiger partial charge on any atom is 0.0363 e. The van der Waals surface area contributed by atoms with Gasteiger partial charge < -0.3 is 9.80 Å². The van der Waals surface area contributed by atoms with Crippen molar-refractivity contribution in [2.24, 2.45) is 5.92 Å². The van der Waals surface area contributed by atoms with Crippen LogP contribution in [0.1, 0.15) is 45.1 Å². The molecule has 1 aliphatic heterocycles. The van der Waals surface area contributed by atoms with Crippen LogP contribution in [-0.2, 0) is 6.42 Å². The van der Waals surface area contributed by atoms with E-state index >= 15 is 0 Å². The van der Waals surface area contributed by atoms with E-state index in [0.29, 0.717) is 0 Å². The highest BCUT2D eigenvalue weighted by Gasteiger charge is 2.17. The average Bonchev–Trinajstić information content (AvgIpc) is 2.54. The first kappa shape index (κ1) is 16.4. The van der Waals surface area contributed by atoms with Crippen molar-refractivity contribution in [2.45, 2.75) is 46.0 Å². The van der Waals surface area contributed by atoms with E-state index in [1.165, 1.54) is 63.0 Å². The molecule has 2 rings (SSSR count). The van der Waals surface area contributed by atoms with Gasteiger partial charge in [0.2, 0.25) is 0 Å². The molecule has 0 aromatic heterocycles. The molecule has 0 unspecified atom stereocenters. The molecule has 0 aliphatic carbocycles. The number of piperidine rings is 1. The molecule has 0 saturated carbocycles. The number of anilines is 1. The average molecular weight is 288 g/mol. The van der Waals surface area contributed by atoms with Gasteiger partial charge in [-0.15, -0.1) is 0 Å². The molecule has 1 aromatic rings. The summed E-state index contributed by atoms with van der Waals surface area (Å²) in [7, 11) is 2.18. The third-order valence-electron chi connectivity index (χ3n) is 4.94. The minimum Gasteiger partial charge on any atom is -0.375 e. The molecular formula is C19H32N2. The fourth-order valence-electron chi connectivity index (χ4n) is 3.29. The second-order valence-corrected chi connectivity index (χ2v) is 6.53. The maximum absolute atomic E-state index is 2.64. The van der Waals surface area contributed by atoms with Crippen molar-refractivity contribution in [3.8, 4) is 0 Å². The Hall–Kier alpha value is -1.02. The van der Waals surface area contributed by atoms with Gasteiger partial charge in [-0.25, -0.2) is 0 Å². The third-order valence-corrected chi connectivity index (χ3v) is 4.94. The molecule has 0 bridgehead atoms. The van der Waals surface area contributed by atoms with E-state index in [-0.39, 0.29) is 0 Å². The lowest BCUT2D eigenvalue weighted by atomic mass is 9.94. The van der Waals surface area contributed by atoms with Crippen LogP contribution < -0.4 is 4.90 Å². The van der Waals surface area contributed by atoms with Gasteiger partial charge in [0, 0.05) is 25.8 Å². The smallest absolute Gasteiger partial charge is 0.0363 e. The summed E-state index contributed by atoms with van der Waals surface area (Å²) in [5.74, 6) is 0.981. The molecule has 2 heteroatoms. The monoisotopic (exact) mass is 288 g/mol. The lowest BCUT2D eigenvalue weighted by Gasteiger charge is -2.31. The van der Waals surface area contributed by atoms with Crippen molar-refractivity contribution < 1.29 is 0 Å². The van der Waals surface area contributed by atoms with Gasteiger partial charge in [0.05, 0.1) is 0 Å². The zero-order valence-corrected chi connectivity index (χ0v) is 14.1. The van der Waals surface area contributed by atoms with Crippen LogP contribution in [0.15, 0.2) is 24.3 Å². The number of hydrogen-bond donors (Lipinski definition) is 0. The Morgan fingerprint density at radius 2 is 1.76 bits per heavy atom. The van der Waals surface area contributed by atoms with Crippen molar-refractivity contribution in [1.82, 2.24) is 4.90 Å². The van der Waals surface area contributed by atoms with Crippen LogP contribution in [0.5, 0.6) is 0 Å². The summed E-state index contributed by atoms with van der Waals surface area (Å²) in [6.45, 7) is 9.52. The standard InChI is InChI=1S/C19H32N2/c1-4-13-20(3)19-8-6-18(7-9-19)12-16-21-14-10-17(5-2)11-15-21/h6-9,17H,4-5,10-16H2,1-3H3. The van der Waals surface area contributed by atoms with E-state index in [1.807, 2.05) is 0 Å². The van der Waals surface area contributed by atoms with Crippen molar-refractivity contribution in [3.05, 3.63) is 29.8 Å². The Morgan fingerprint density at radius 1 is 1.10 bits per heavy atom. The SMILES string of the molecule is CCCN(C)c1ccc(CCN2CCC(CC)CC2)cc1. The zero-order valence-electron chi connectivity index (χ0n) is 14.1. The Labute approximate surface area is 131 Å². The second kappa shape index (κ2) is 8.43. The molecule has 0 amide bonds. The molecule has 1 heterocycles. The molecule has 118 valence electrons. The number of benzene rings is 1. The van der Waals surface area contributed by atoms with Crippen molar-refractivity contribution in [3.63, 3.8) is 0 Å². The minimum absolute atomic E-state index is 0.981. The summed E-state index contributed by atoms with van der Waals surface area (Å²) in [6, 6.07) is 9.16. The molecular weight excluding hydrogens is 256 g/mol. The van der Waals surface area contributed by atoms with Crippen LogP contribution in [0.25, 0.3) is 0 Å². The maximum atomic E-state index is 2.64. The molecule has 1 fully saturated rings. The first-order chi connectivity index (χ1) is 10.2. The second-order valence-electron chi connectivity index (χ2n) is 6.53. The molecule has 0 atom stereocenters. The molecule has 1 saturated heterocycles. The van der Waals surface area contributed by atoms with Crippen molar-refractivity contribution >= 4 is 5.69 Å². The topological polar surface area (TPSA) is 6.48 Å². The minimum atomic E-state index is 0.981. The van der Waals surface area contributed by atoms with Gasteiger partial charge in [0.1, 0.15) is 0 Å². The highest BCUT2D eigenvalue weighted by molar-refractivity contribution is 5.46. The van der Waals surface area contributed by atoms with Gasteiger partial charge in [0.15, 0.2) is 0 Å². The van der Waals surface area contributed by atoms with E-state index in [1.54, 1.807) is 0 Å². The van der Waals surface area contributed by atoms with Gasteiger partial charge in [-0.1, -0.05) is 32.4 Å². The lowest BCUT2D eigenvalue weighted by molar-refractivity contribution is 0.184. The quantitative estimate of drug-likeness (QED) is 0.742. The highest BCUT2D eigenvalue weighted by Crippen LogP contribution is 2.20. The Kier molecular flexibility index (Phi) is 6.56. The molecule has 0 radical (unpaired) electrons. The number of hydrogen-bond acceptors (Lipinski definition) is 2. The summed E-state index contributed by atoms with van der Waals surface area (Å²) in [5.41, 5.74) is 2.81. The van der Waals surface area contributed by atoms with Crippen LogP contribution in [0.3, 0.4) is 0 Å². The third kappa shape index (κ3) is 5.03. The van der Waals surface area contributed by atoms with Crippen LogP contribution in [0, 0.1) is 5.92 Å². The summed E-state index contributed by atoms with van der Waals surface area (Å²) in [5, 5.41) is 0. The predicted molar refractivity (Wildman–Crippen MR) is 93.2 cm³/mol. The fraction of sp³-hybridized carbons (Fsp3) is 0.684. The molecule has 1 aromatic carbocycles. The Balaban J connectivity index is 1.76. The van der Waals surface area contributed by atoms with Crippen molar-refractivity contribution in [2.75, 3.05) is 38.1 Å². The Bertz CT molecular complexity index is 391. The molecule has 0 spiro atoms. The van der Waals surface area contributed by atoms with E-state index in [0.717, 1.165) is 12.5 Å². The van der Waals surface area contributed by atoms with Gasteiger partial charge >= 0.3 is 0 Å². The van der Waals surface area contributed by atoms with Gasteiger partial charge in [-0.2, -0.15) is 0 Å². The highest BCUT2D eigenvalue weighted by atomic mass is 15.1. The number of likely N-dealkylation sites (tertiary alicyclic amines) is 1. The van der Waals surface area contributed by atoms with Crippen LogP contribution >= 0.6 is 0 Å². The van der Waals surface area contributed by atoms with E-state index in [9.17, 15) is 0 Å². The number of rotatable bonds is 7. The van der Waals surface area contributed by atoms with Crippen LogP contribution in [-0.4, -0.2) is 38.1 Å². The molecule has 1 aliphatic rings. The predicted octanol–water partition coefficient (Wildman–Crippen LogP) is 4.20.